The molecule has 0 radical (unpaired) electrons. The van der Waals surface area contributed by atoms with E-state index in [0.29, 0.717) is 23.7 Å². The van der Waals surface area contributed by atoms with Crippen LogP contribution in [0.25, 0.3) is 0 Å². The molecule has 0 saturated heterocycles. The molecule has 6 atom stereocenters. The van der Waals surface area contributed by atoms with Crippen LogP contribution in [0, 0.1) is 23.7 Å². The van der Waals surface area contributed by atoms with Crippen molar-refractivity contribution >= 4 is 19.2 Å². The molecule has 4 rings (SSSR count). The van der Waals surface area contributed by atoms with Gasteiger partial charge in [-0.1, -0.05) is 25.7 Å². The fourth-order valence-electron chi connectivity index (χ4n) is 6.05. The minimum Gasteiger partial charge on any atom is -0.311 e. The van der Waals surface area contributed by atoms with Crippen molar-refractivity contribution in [2.24, 2.45) is 23.7 Å². The lowest BCUT2D eigenvalue weighted by molar-refractivity contribution is -0.0503. The van der Waals surface area contributed by atoms with Crippen molar-refractivity contribution in [3.8, 4) is 0 Å². The number of hydrogen-bond acceptors (Lipinski definition) is 3. The van der Waals surface area contributed by atoms with E-state index >= 15 is 0 Å². The molecule has 0 aromatic carbocycles. The average Bonchev–Trinajstić information content (AvgIpc) is 3.22. The first kappa shape index (κ1) is 16.4. The van der Waals surface area contributed by atoms with Gasteiger partial charge >= 0.3 is 15.6 Å². The molecular formula is C15H23F3O3SSi. The lowest BCUT2D eigenvalue weighted by Gasteiger charge is -2.36. The number of hydrogen-bond donors (Lipinski definition) is 0. The predicted octanol–water partition coefficient (Wildman–Crippen LogP) is 3.96. The molecular weight excluding hydrogens is 345 g/mol. The van der Waals surface area contributed by atoms with Gasteiger partial charge in [0, 0.05) is 0 Å². The Balaban J connectivity index is 1.59. The fraction of sp³-hybridized carbons (Fsp3) is 1.00. The van der Waals surface area contributed by atoms with Crippen molar-refractivity contribution in [3.63, 3.8) is 0 Å². The third kappa shape index (κ3) is 2.78. The Hall–Kier alpha value is -0.0831. The van der Waals surface area contributed by atoms with E-state index < -0.39 is 24.7 Å². The highest BCUT2D eigenvalue weighted by molar-refractivity contribution is 7.88. The second-order valence-electron chi connectivity index (χ2n) is 8.14. The van der Waals surface area contributed by atoms with Gasteiger partial charge in [-0.3, -0.25) is 0 Å². The lowest BCUT2D eigenvalue weighted by atomic mass is 9.99. The maximum absolute atomic E-state index is 12.9. The molecule has 0 aliphatic heterocycles. The Morgan fingerprint density at radius 3 is 1.61 bits per heavy atom. The van der Waals surface area contributed by atoms with Crippen LogP contribution in [0.1, 0.15) is 51.4 Å². The van der Waals surface area contributed by atoms with Crippen LogP contribution in [0.2, 0.25) is 11.1 Å². The first-order valence-electron chi connectivity index (χ1n) is 8.74. The molecule has 0 amide bonds. The molecule has 6 unspecified atom stereocenters. The van der Waals surface area contributed by atoms with Gasteiger partial charge in [-0.2, -0.15) is 21.6 Å². The molecule has 4 fully saturated rings. The molecule has 0 heterocycles. The van der Waals surface area contributed by atoms with Crippen molar-refractivity contribution in [1.29, 1.82) is 0 Å². The van der Waals surface area contributed by atoms with Crippen LogP contribution in [0.15, 0.2) is 0 Å². The molecule has 4 saturated carbocycles. The standard InChI is InChI=1S/C15H23F3O3SSi/c16-15(17,18)22(19,20)21-23(13-7-9-1-3-11(13)5-9)14-8-10-2-4-12(14)6-10/h9-14,23H,1-8H2. The average molecular weight is 368 g/mol. The summed E-state index contributed by atoms with van der Waals surface area (Å²) in [4.78, 5) is 0. The summed E-state index contributed by atoms with van der Waals surface area (Å²) in [6, 6.07) is 0. The molecule has 0 spiro atoms. The van der Waals surface area contributed by atoms with Gasteiger partial charge in [-0.05, 0) is 60.4 Å². The lowest BCUT2D eigenvalue weighted by Crippen LogP contribution is -2.41. The molecule has 0 N–H and O–H groups in total. The summed E-state index contributed by atoms with van der Waals surface area (Å²) < 4.78 is 67.0. The van der Waals surface area contributed by atoms with Crippen LogP contribution in [0.5, 0.6) is 0 Å². The van der Waals surface area contributed by atoms with E-state index in [1.54, 1.807) is 0 Å². The molecule has 3 nitrogen and oxygen atoms in total. The van der Waals surface area contributed by atoms with Gasteiger partial charge in [-0.25, -0.2) is 0 Å². The van der Waals surface area contributed by atoms with Crippen molar-refractivity contribution in [3.05, 3.63) is 0 Å². The third-order valence-electron chi connectivity index (χ3n) is 6.95. The third-order valence-corrected chi connectivity index (χ3v) is 12.7. The summed E-state index contributed by atoms with van der Waals surface area (Å²) in [6.07, 6.45) is 8.38. The van der Waals surface area contributed by atoms with Gasteiger partial charge in [0.15, 0.2) is 0 Å². The molecule has 0 aromatic heterocycles. The summed E-state index contributed by atoms with van der Waals surface area (Å²) in [7, 11) is -7.91. The fourth-order valence-corrected chi connectivity index (χ4v) is 12.5. The zero-order chi connectivity index (χ0) is 16.4. The van der Waals surface area contributed by atoms with E-state index in [-0.39, 0.29) is 11.1 Å². The smallest absolute Gasteiger partial charge is 0.311 e. The number of rotatable bonds is 4. The maximum Gasteiger partial charge on any atom is 0.522 e. The van der Waals surface area contributed by atoms with Crippen LogP contribution in [-0.4, -0.2) is 23.0 Å². The molecule has 132 valence electrons. The minimum atomic E-state index is -5.44. The molecule has 0 aromatic rings. The first-order valence-corrected chi connectivity index (χ1v) is 12.0. The van der Waals surface area contributed by atoms with Crippen molar-refractivity contribution in [2.45, 2.75) is 68.0 Å². The highest BCUT2D eigenvalue weighted by Gasteiger charge is 2.56. The Kier molecular flexibility index (Phi) is 3.89. The minimum absolute atomic E-state index is 0.134. The van der Waals surface area contributed by atoms with Gasteiger partial charge in [0.05, 0.1) is 0 Å². The van der Waals surface area contributed by atoms with Crippen LogP contribution in [0.4, 0.5) is 13.2 Å². The van der Waals surface area contributed by atoms with Crippen molar-refractivity contribution in [2.75, 3.05) is 0 Å². The van der Waals surface area contributed by atoms with E-state index in [9.17, 15) is 21.6 Å². The quantitative estimate of drug-likeness (QED) is 0.557. The second kappa shape index (κ2) is 5.46. The normalized spacial score (nSPS) is 44.1. The molecule has 23 heavy (non-hydrogen) atoms. The van der Waals surface area contributed by atoms with Gasteiger partial charge in [0.25, 0.3) is 0 Å². The van der Waals surface area contributed by atoms with Crippen LogP contribution in [-0.2, 0) is 14.0 Å². The Morgan fingerprint density at radius 1 is 0.826 bits per heavy atom. The van der Waals surface area contributed by atoms with E-state index in [1.807, 2.05) is 0 Å². The van der Waals surface area contributed by atoms with Gasteiger partial charge < -0.3 is 3.87 Å². The van der Waals surface area contributed by atoms with E-state index in [2.05, 4.69) is 0 Å². The summed E-state index contributed by atoms with van der Waals surface area (Å²) in [5.74, 6) is 2.02. The summed E-state index contributed by atoms with van der Waals surface area (Å²) in [6.45, 7) is 0. The summed E-state index contributed by atoms with van der Waals surface area (Å²) in [5.41, 5.74) is -5.02. The number of alkyl halides is 3. The summed E-state index contributed by atoms with van der Waals surface area (Å²) >= 11 is 0. The number of fused-ring (bicyclic) bond motifs is 4. The second-order valence-corrected chi connectivity index (χ2v) is 12.9. The molecule has 4 aliphatic rings. The topological polar surface area (TPSA) is 43.4 Å². The largest absolute Gasteiger partial charge is 0.522 e. The monoisotopic (exact) mass is 368 g/mol. The molecule has 8 heteroatoms. The van der Waals surface area contributed by atoms with Crippen LogP contribution < -0.4 is 0 Å². The van der Waals surface area contributed by atoms with Crippen molar-refractivity contribution < 1.29 is 25.5 Å². The van der Waals surface area contributed by atoms with Crippen molar-refractivity contribution in [1.82, 2.24) is 0 Å². The highest BCUT2D eigenvalue weighted by atomic mass is 32.2. The first-order chi connectivity index (χ1) is 10.7. The Morgan fingerprint density at radius 2 is 1.30 bits per heavy atom. The van der Waals surface area contributed by atoms with Crippen LogP contribution >= 0.6 is 0 Å². The number of halogens is 3. The predicted molar refractivity (Wildman–Crippen MR) is 81.6 cm³/mol. The zero-order valence-electron chi connectivity index (χ0n) is 13.0. The zero-order valence-corrected chi connectivity index (χ0v) is 14.9. The SMILES string of the molecule is O=S(=O)(O[SiH](C1CC2CCC1C2)C1CC2CCC1C2)C(F)(F)F. The van der Waals surface area contributed by atoms with Crippen LogP contribution in [0.3, 0.4) is 0 Å². The van der Waals surface area contributed by atoms with Gasteiger partial charge in [-0.15, -0.1) is 0 Å². The highest BCUT2D eigenvalue weighted by Crippen LogP contribution is 2.60. The Labute approximate surface area is 136 Å². The summed E-state index contributed by atoms with van der Waals surface area (Å²) in [5, 5.41) is 0. The van der Waals surface area contributed by atoms with Gasteiger partial charge in [0.1, 0.15) is 0 Å². The molecule has 4 aliphatic carbocycles. The maximum atomic E-state index is 12.9. The molecule has 4 bridgehead atoms. The van der Waals surface area contributed by atoms with E-state index in [4.69, 9.17) is 3.87 Å². The van der Waals surface area contributed by atoms with E-state index in [0.717, 1.165) is 51.4 Å². The van der Waals surface area contributed by atoms with Gasteiger partial charge in [0.2, 0.25) is 9.04 Å². The van der Waals surface area contributed by atoms with E-state index in [1.165, 1.54) is 0 Å². The Bertz CT molecular complexity index is 551.